The zero-order valence-corrected chi connectivity index (χ0v) is 12.2. The summed E-state index contributed by atoms with van der Waals surface area (Å²) >= 11 is 0. The van der Waals surface area contributed by atoms with Gasteiger partial charge in [-0.2, -0.15) is 0 Å². The summed E-state index contributed by atoms with van der Waals surface area (Å²) in [7, 11) is 0. The average Bonchev–Trinajstić information content (AvgIpc) is 2.46. The van der Waals surface area contributed by atoms with E-state index in [0.717, 1.165) is 11.3 Å². The molecular formula is C17H19NO3. The third-order valence-corrected chi connectivity index (χ3v) is 2.99. The first-order chi connectivity index (χ1) is 9.95. The highest BCUT2D eigenvalue weighted by Crippen LogP contribution is 2.22. The lowest BCUT2D eigenvalue weighted by molar-refractivity contribution is -0.118. The number of nitrogens with one attached hydrogen (secondary N) is 1. The van der Waals surface area contributed by atoms with Gasteiger partial charge in [-0.25, -0.2) is 0 Å². The third-order valence-electron chi connectivity index (χ3n) is 2.99. The van der Waals surface area contributed by atoms with Crippen LogP contribution in [0.5, 0.6) is 5.75 Å². The van der Waals surface area contributed by atoms with E-state index in [-0.39, 0.29) is 12.5 Å². The molecule has 0 spiro atoms. The molecule has 0 aromatic heterocycles. The third kappa shape index (κ3) is 4.61. The highest BCUT2D eigenvalue weighted by molar-refractivity contribution is 5.91. The zero-order valence-electron chi connectivity index (χ0n) is 12.2. The predicted molar refractivity (Wildman–Crippen MR) is 82.3 cm³/mol. The number of hydrogen-bond donors (Lipinski definition) is 2. The van der Waals surface area contributed by atoms with Gasteiger partial charge in [0, 0.05) is 5.69 Å². The van der Waals surface area contributed by atoms with Gasteiger partial charge in [0.2, 0.25) is 0 Å². The molecule has 2 N–H and O–H groups in total. The molecule has 110 valence electrons. The van der Waals surface area contributed by atoms with E-state index in [1.165, 1.54) is 0 Å². The highest BCUT2D eigenvalue weighted by Gasteiger charge is 2.15. The first-order valence-corrected chi connectivity index (χ1v) is 6.76. The van der Waals surface area contributed by atoms with E-state index in [1.54, 1.807) is 38.1 Å². The Kier molecular flexibility index (Phi) is 4.60. The van der Waals surface area contributed by atoms with Crippen LogP contribution in [0.1, 0.15) is 19.4 Å². The molecule has 0 unspecified atom stereocenters. The van der Waals surface area contributed by atoms with E-state index in [4.69, 9.17) is 4.74 Å². The Morgan fingerprint density at radius 2 is 1.71 bits per heavy atom. The lowest BCUT2D eigenvalue weighted by atomic mass is 9.99. The molecule has 2 aromatic rings. The number of carbonyl (C=O) groups is 1. The standard InChI is InChI=1S/C17H19NO3/c1-17(2,20)13-8-10-15(11-9-13)21-12-16(19)18-14-6-4-3-5-7-14/h3-11,20H,12H2,1-2H3,(H,18,19). The number of ether oxygens (including phenoxy) is 1. The van der Waals surface area contributed by atoms with Gasteiger partial charge in [0.05, 0.1) is 5.60 Å². The summed E-state index contributed by atoms with van der Waals surface area (Å²) in [6.45, 7) is 3.38. The second-order valence-electron chi connectivity index (χ2n) is 5.29. The van der Waals surface area contributed by atoms with Gasteiger partial charge < -0.3 is 15.2 Å². The van der Waals surface area contributed by atoms with Gasteiger partial charge >= 0.3 is 0 Å². The highest BCUT2D eigenvalue weighted by atomic mass is 16.5. The van der Waals surface area contributed by atoms with Crippen molar-refractivity contribution in [1.29, 1.82) is 0 Å². The first-order valence-electron chi connectivity index (χ1n) is 6.76. The number of benzene rings is 2. The lowest BCUT2D eigenvalue weighted by Crippen LogP contribution is -2.20. The van der Waals surface area contributed by atoms with Crippen molar-refractivity contribution in [2.24, 2.45) is 0 Å². The van der Waals surface area contributed by atoms with E-state index in [2.05, 4.69) is 5.32 Å². The SMILES string of the molecule is CC(C)(O)c1ccc(OCC(=O)Nc2ccccc2)cc1. The van der Waals surface area contributed by atoms with Crippen LogP contribution >= 0.6 is 0 Å². The number of hydrogen-bond acceptors (Lipinski definition) is 3. The number of anilines is 1. The number of rotatable bonds is 5. The van der Waals surface area contributed by atoms with Gasteiger partial charge in [-0.1, -0.05) is 30.3 Å². The average molecular weight is 285 g/mol. The van der Waals surface area contributed by atoms with Crippen LogP contribution in [-0.2, 0) is 10.4 Å². The Balaban J connectivity index is 1.87. The molecule has 1 amide bonds. The van der Waals surface area contributed by atoms with E-state index in [0.29, 0.717) is 5.75 Å². The fourth-order valence-electron chi connectivity index (χ4n) is 1.83. The van der Waals surface area contributed by atoms with Gasteiger partial charge in [0.15, 0.2) is 6.61 Å². The van der Waals surface area contributed by atoms with Crippen molar-refractivity contribution in [2.75, 3.05) is 11.9 Å². The van der Waals surface area contributed by atoms with E-state index >= 15 is 0 Å². The van der Waals surface area contributed by atoms with Crippen molar-refractivity contribution in [3.63, 3.8) is 0 Å². The number of aliphatic hydroxyl groups is 1. The van der Waals surface area contributed by atoms with Crippen LogP contribution in [0.15, 0.2) is 54.6 Å². The van der Waals surface area contributed by atoms with E-state index < -0.39 is 5.60 Å². The molecule has 4 heteroatoms. The summed E-state index contributed by atoms with van der Waals surface area (Å²) in [5, 5.41) is 12.6. The van der Waals surface area contributed by atoms with Crippen LogP contribution in [0.2, 0.25) is 0 Å². The Hall–Kier alpha value is -2.33. The monoisotopic (exact) mass is 285 g/mol. The summed E-state index contributed by atoms with van der Waals surface area (Å²) in [5.74, 6) is 0.374. The van der Waals surface area contributed by atoms with Gasteiger partial charge in [0.1, 0.15) is 5.75 Å². The van der Waals surface area contributed by atoms with Gasteiger partial charge in [-0.3, -0.25) is 4.79 Å². The maximum Gasteiger partial charge on any atom is 0.262 e. The molecule has 4 nitrogen and oxygen atoms in total. The van der Waals surface area contributed by atoms with E-state index in [9.17, 15) is 9.90 Å². The second kappa shape index (κ2) is 6.41. The lowest BCUT2D eigenvalue weighted by Gasteiger charge is -2.17. The quantitative estimate of drug-likeness (QED) is 0.888. The van der Waals surface area contributed by atoms with Crippen LogP contribution in [0.25, 0.3) is 0 Å². The molecule has 0 heterocycles. The Morgan fingerprint density at radius 3 is 2.29 bits per heavy atom. The minimum Gasteiger partial charge on any atom is -0.484 e. The molecule has 0 radical (unpaired) electrons. The summed E-state index contributed by atoms with van der Waals surface area (Å²) in [6, 6.07) is 16.3. The van der Waals surface area contributed by atoms with Crippen molar-refractivity contribution >= 4 is 11.6 Å². The maximum absolute atomic E-state index is 11.7. The normalized spacial score (nSPS) is 11.0. The minimum absolute atomic E-state index is 0.0588. The summed E-state index contributed by atoms with van der Waals surface area (Å²) in [4.78, 5) is 11.7. The second-order valence-corrected chi connectivity index (χ2v) is 5.29. The largest absolute Gasteiger partial charge is 0.484 e. The van der Waals surface area contributed by atoms with Crippen molar-refractivity contribution in [2.45, 2.75) is 19.4 Å². The molecule has 0 bridgehead atoms. The molecule has 0 aliphatic heterocycles. The van der Waals surface area contributed by atoms with E-state index in [1.807, 2.05) is 30.3 Å². The molecule has 0 fully saturated rings. The number of carbonyl (C=O) groups excluding carboxylic acids is 1. The summed E-state index contributed by atoms with van der Waals surface area (Å²) < 4.78 is 5.41. The fraction of sp³-hybridized carbons (Fsp3) is 0.235. The summed E-state index contributed by atoms with van der Waals surface area (Å²) in [5.41, 5.74) is 0.649. The van der Waals surface area contributed by atoms with Crippen LogP contribution in [0.4, 0.5) is 5.69 Å². The first kappa shape index (κ1) is 15.1. The molecule has 21 heavy (non-hydrogen) atoms. The van der Waals surface area contributed by atoms with Crippen molar-refractivity contribution < 1.29 is 14.6 Å². The van der Waals surface area contributed by atoms with Gasteiger partial charge in [-0.05, 0) is 43.7 Å². The number of para-hydroxylation sites is 1. The number of amides is 1. The molecule has 0 atom stereocenters. The van der Waals surface area contributed by atoms with Crippen molar-refractivity contribution in [3.8, 4) is 5.75 Å². The summed E-state index contributed by atoms with van der Waals surface area (Å²) in [6.07, 6.45) is 0. The molecule has 0 saturated heterocycles. The topological polar surface area (TPSA) is 58.6 Å². The molecule has 0 aliphatic rings. The Morgan fingerprint density at radius 1 is 1.10 bits per heavy atom. The Labute approximate surface area is 124 Å². The smallest absolute Gasteiger partial charge is 0.262 e. The molecule has 0 aliphatic carbocycles. The van der Waals surface area contributed by atoms with Gasteiger partial charge in [-0.15, -0.1) is 0 Å². The molecule has 0 saturated carbocycles. The maximum atomic E-state index is 11.7. The zero-order chi connectivity index (χ0) is 15.3. The van der Waals surface area contributed by atoms with Gasteiger partial charge in [0.25, 0.3) is 5.91 Å². The van der Waals surface area contributed by atoms with Crippen LogP contribution in [0.3, 0.4) is 0 Å². The minimum atomic E-state index is -0.886. The van der Waals surface area contributed by atoms with Crippen LogP contribution in [-0.4, -0.2) is 17.6 Å². The molecule has 2 aromatic carbocycles. The van der Waals surface area contributed by atoms with Crippen molar-refractivity contribution in [3.05, 3.63) is 60.2 Å². The van der Waals surface area contributed by atoms with Crippen LogP contribution in [0, 0.1) is 0 Å². The van der Waals surface area contributed by atoms with Crippen molar-refractivity contribution in [1.82, 2.24) is 0 Å². The molecular weight excluding hydrogens is 266 g/mol. The predicted octanol–water partition coefficient (Wildman–Crippen LogP) is 2.93. The fourth-order valence-corrected chi connectivity index (χ4v) is 1.83. The molecule has 2 rings (SSSR count). The van der Waals surface area contributed by atoms with Crippen LogP contribution < -0.4 is 10.1 Å². The Bertz CT molecular complexity index is 586.